The molecule has 3 heteroatoms. The van der Waals surface area contributed by atoms with E-state index in [0.717, 1.165) is 24.5 Å². The Morgan fingerprint density at radius 3 is 2.53 bits per heavy atom. The van der Waals surface area contributed by atoms with Crippen molar-refractivity contribution in [1.29, 1.82) is 0 Å². The lowest BCUT2D eigenvalue weighted by molar-refractivity contribution is 0.470. The zero-order valence-corrected chi connectivity index (χ0v) is 10.7. The van der Waals surface area contributed by atoms with Crippen molar-refractivity contribution in [3.05, 3.63) is 51.2 Å². The van der Waals surface area contributed by atoms with E-state index in [0.29, 0.717) is 0 Å². The highest BCUT2D eigenvalue weighted by atomic mass is 127. The van der Waals surface area contributed by atoms with Gasteiger partial charge in [-0.1, -0.05) is 12.1 Å². The van der Waals surface area contributed by atoms with Crippen molar-refractivity contribution in [2.24, 2.45) is 0 Å². The second kappa shape index (κ2) is 4.79. The van der Waals surface area contributed by atoms with Crippen LogP contribution in [0.3, 0.4) is 0 Å². The maximum atomic E-state index is 5.42. The molecule has 0 spiro atoms. The summed E-state index contributed by atoms with van der Waals surface area (Å²) in [7, 11) is 0. The molecule has 0 bridgehead atoms. The standard InChI is InChI=1S/C12H12INO/c1-9-8-14-12(15-9)7-4-10-2-5-11(13)6-3-10/h2-3,5-6,8H,4,7H2,1H3. The molecule has 0 fully saturated rings. The third kappa shape index (κ3) is 3.06. The van der Waals surface area contributed by atoms with Crippen molar-refractivity contribution in [3.63, 3.8) is 0 Å². The monoisotopic (exact) mass is 313 g/mol. The van der Waals surface area contributed by atoms with Crippen LogP contribution in [0, 0.1) is 10.5 Å². The number of rotatable bonds is 3. The van der Waals surface area contributed by atoms with Crippen LogP contribution in [0.4, 0.5) is 0 Å². The summed E-state index contributed by atoms with van der Waals surface area (Å²) < 4.78 is 6.68. The predicted molar refractivity (Wildman–Crippen MR) is 67.8 cm³/mol. The molecule has 0 saturated carbocycles. The van der Waals surface area contributed by atoms with Gasteiger partial charge in [-0.3, -0.25) is 0 Å². The zero-order valence-electron chi connectivity index (χ0n) is 8.53. The van der Waals surface area contributed by atoms with Crippen LogP contribution in [-0.2, 0) is 12.8 Å². The molecule has 0 aliphatic rings. The number of oxazole rings is 1. The minimum Gasteiger partial charge on any atom is -0.446 e. The van der Waals surface area contributed by atoms with Crippen LogP contribution in [0.5, 0.6) is 0 Å². The minimum absolute atomic E-state index is 0.825. The number of aromatic nitrogens is 1. The maximum absolute atomic E-state index is 5.42. The van der Waals surface area contributed by atoms with Crippen molar-refractivity contribution in [3.8, 4) is 0 Å². The van der Waals surface area contributed by atoms with E-state index in [4.69, 9.17) is 4.42 Å². The summed E-state index contributed by atoms with van der Waals surface area (Å²) in [5, 5.41) is 0. The summed E-state index contributed by atoms with van der Waals surface area (Å²) in [6, 6.07) is 8.54. The van der Waals surface area contributed by atoms with Gasteiger partial charge in [-0.15, -0.1) is 0 Å². The van der Waals surface area contributed by atoms with Gasteiger partial charge in [0.05, 0.1) is 6.20 Å². The smallest absolute Gasteiger partial charge is 0.194 e. The van der Waals surface area contributed by atoms with Gasteiger partial charge in [0.1, 0.15) is 5.76 Å². The van der Waals surface area contributed by atoms with Gasteiger partial charge in [0.25, 0.3) is 0 Å². The molecule has 2 nitrogen and oxygen atoms in total. The molecule has 1 heterocycles. The SMILES string of the molecule is Cc1cnc(CCc2ccc(I)cc2)o1. The fraction of sp³-hybridized carbons (Fsp3) is 0.250. The van der Waals surface area contributed by atoms with Crippen molar-refractivity contribution >= 4 is 22.6 Å². The van der Waals surface area contributed by atoms with Crippen molar-refractivity contribution in [2.75, 3.05) is 0 Å². The van der Waals surface area contributed by atoms with Gasteiger partial charge < -0.3 is 4.42 Å². The number of halogens is 1. The van der Waals surface area contributed by atoms with Gasteiger partial charge in [-0.2, -0.15) is 0 Å². The van der Waals surface area contributed by atoms with Gasteiger partial charge in [-0.05, 0) is 53.6 Å². The van der Waals surface area contributed by atoms with Crippen LogP contribution in [0.2, 0.25) is 0 Å². The number of benzene rings is 1. The molecule has 0 aliphatic heterocycles. The molecule has 0 unspecified atom stereocenters. The average Bonchev–Trinajstić information content (AvgIpc) is 2.64. The third-order valence-electron chi connectivity index (χ3n) is 2.21. The molecule has 0 saturated heterocycles. The van der Waals surface area contributed by atoms with Crippen LogP contribution in [-0.4, -0.2) is 4.98 Å². The molecule has 0 N–H and O–H groups in total. The lowest BCUT2D eigenvalue weighted by Crippen LogP contribution is -1.91. The van der Waals surface area contributed by atoms with Gasteiger partial charge in [0.2, 0.25) is 0 Å². The normalized spacial score (nSPS) is 10.5. The van der Waals surface area contributed by atoms with Crippen LogP contribution in [0.15, 0.2) is 34.9 Å². The fourth-order valence-corrected chi connectivity index (χ4v) is 1.78. The number of hydrogen-bond donors (Lipinski definition) is 0. The molecule has 1 aromatic carbocycles. The molecule has 15 heavy (non-hydrogen) atoms. The first kappa shape index (κ1) is 10.7. The molecule has 0 amide bonds. The highest BCUT2D eigenvalue weighted by Crippen LogP contribution is 2.10. The second-order valence-corrected chi connectivity index (χ2v) is 4.74. The van der Waals surface area contributed by atoms with Crippen LogP contribution in [0.25, 0.3) is 0 Å². The summed E-state index contributed by atoms with van der Waals surface area (Å²) in [6.45, 7) is 1.92. The minimum atomic E-state index is 0.825. The number of hydrogen-bond acceptors (Lipinski definition) is 2. The summed E-state index contributed by atoms with van der Waals surface area (Å²) in [5.74, 6) is 1.71. The quantitative estimate of drug-likeness (QED) is 0.812. The summed E-state index contributed by atoms with van der Waals surface area (Å²) >= 11 is 2.31. The lowest BCUT2D eigenvalue weighted by atomic mass is 10.1. The highest BCUT2D eigenvalue weighted by Gasteiger charge is 2.01. The Balaban J connectivity index is 1.96. The largest absolute Gasteiger partial charge is 0.446 e. The topological polar surface area (TPSA) is 26.0 Å². The Bertz CT molecular complexity index is 433. The van der Waals surface area contributed by atoms with E-state index < -0.39 is 0 Å². The summed E-state index contributed by atoms with van der Waals surface area (Å²) in [6.07, 6.45) is 3.62. The van der Waals surface area contributed by atoms with Gasteiger partial charge in [0, 0.05) is 9.99 Å². The molecule has 78 valence electrons. The Kier molecular flexibility index (Phi) is 3.41. The lowest BCUT2D eigenvalue weighted by Gasteiger charge is -1.98. The maximum Gasteiger partial charge on any atom is 0.194 e. The number of aryl methyl sites for hydroxylation is 3. The van der Waals surface area contributed by atoms with E-state index in [1.165, 1.54) is 9.13 Å². The Morgan fingerprint density at radius 1 is 1.20 bits per heavy atom. The van der Waals surface area contributed by atoms with E-state index >= 15 is 0 Å². The molecule has 2 aromatic rings. The molecule has 2 rings (SSSR count). The van der Waals surface area contributed by atoms with Gasteiger partial charge >= 0.3 is 0 Å². The molecule has 1 aromatic heterocycles. The molecular weight excluding hydrogens is 301 g/mol. The van der Waals surface area contributed by atoms with E-state index in [9.17, 15) is 0 Å². The molecule has 0 atom stereocenters. The predicted octanol–water partition coefficient (Wildman–Crippen LogP) is 3.37. The van der Waals surface area contributed by atoms with Crippen molar-refractivity contribution in [1.82, 2.24) is 4.98 Å². The zero-order chi connectivity index (χ0) is 10.7. The second-order valence-electron chi connectivity index (χ2n) is 3.49. The van der Waals surface area contributed by atoms with E-state index in [-0.39, 0.29) is 0 Å². The van der Waals surface area contributed by atoms with E-state index in [2.05, 4.69) is 51.8 Å². The van der Waals surface area contributed by atoms with Crippen LogP contribution >= 0.6 is 22.6 Å². The first-order valence-electron chi connectivity index (χ1n) is 4.90. The molecule has 0 radical (unpaired) electrons. The third-order valence-corrected chi connectivity index (χ3v) is 2.93. The average molecular weight is 313 g/mol. The van der Waals surface area contributed by atoms with Gasteiger partial charge in [-0.25, -0.2) is 4.98 Å². The fourth-order valence-electron chi connectivity index (χ4n) is 1.42. The molecular formula is C12H12INO. The van der Waals surface area contributed by atoms with Crippen molar-refractivity contribution < 1.29 is 4.42 Å². The van der Waals surface area contributed by atoms with Crippen LogP contribution in [0.1, 0.15) is 17.2 Å². The summed E-state index contributed by atoms with van der Waals surface area (Å²) in [5.41, 5.74) is 1.33. The Morgan fingerprint density at radius 2 is 1.93 bits per heavy atom. The Labute approximate surface area is 103 Å². The van der Waals surface area contributed by atoms with E-state index in [1.54, 1.807) is 6.20 Å². The Hall–Kier alpha value is -0.840. The molecule has 0 aliphatic carbocycles. The van der Waals surface area contributed by atoms with Crippen LogP contribution < -0.4 is 0 Å². The first-order valence-corrected chi connectivity index (χ1v) is 5.97. The van der Waals surface area contributed by atoms with Crippen molar-refractivity contribution in [2.45, 2.75) is 19.8 Å². The number of nitrogens with zero attached hydrogens (tertiary/aromatic N) is 1. The highest BCUT2D eigenvalue weighted by molar-refractivity contribution is 14.1. The first-order chi connectivity index (χ1) is 7.24. The van der Waals surface area contributed by atoms with E-state index in [1.807, 2.05) is 6.92 Å². The van der Waals surface area contributed by atoms with Gasteiger partial charge in [0.15, 0.2) is 5.89 Å². The summed E-state index contributed by atoms with van der Waals surface area (Å²) in [4.78, 5) is 4.18.